The average molecular weight is 487 g/mol. The van der Waals surface area contributed by atoms with E-state index in [0.717, 1.165) is 19.3 Å². The average Bonchev–Trinajstić information content (AvgIpc) is 3.11. The fourth-order valence-corrected chi connectivity index (χ4v) is 7.93. The van der Waals surface area contributed by atoms with Crippen molar-refractivity contribution in [2.45, 2.75) is 72.3 Å². The minimum Gasteiger partial charge on any atom is -0.458 e. The number of hydrogen-bond donors (Lipinski definition) is 1. The first-order valence-corrected chi connectivity index (χ1v) is 12.8. The van der Waals surface area contributed by atoms with Crippen molar-refractivity contribution >= 4 is 23.5 Å². The molecule has 0 amide bonds. The normalized spacial score (nSPS) is 40.6. The SMILES string of the molecule is CC(=O)OCC(=O)[C@@]1(OC(=O)C(C)CO)CC[C@H]2[C@@H]3C[C@H](C)C4=CC(=O)C=C[C@]4(C)[C@H]3CC[C@@]21C. The van der Waals surface area contributed by atoms with E-state index in [2.05, 4.69) is 26.8 Å². The molecule has 192 valence electrons. The van der Waals surface area contributed by atoms with Gasteiger partial charge in [0.15, 0.2) is 18.0 Å². The predicted octanol–water partition coefficient (Wildman–Crippen LogP) is 3.58. The molecule has 8 atom stereocenters. The van der Waals surface area contributed by atoms with Crippen LogP contribution in [-0.2, 0) is 28.7 Å². The molecule has 4 aliphatic rings. The zero-order valence-corrected chi connectivity index (χ0v) is 21.5. The van der Waals surface area contributed by atoms with E-state index in [1.165, 1.54) is 12.5 Å². The smallest absolute Gasteiger partial charge is 0.312 e. The van der Waals surface area contributed by atoms with E-state index in [1.807, 2.05) is 6.08 Å². The molecule has 7 heteroatoms. The molecular formula is C28H38O7. The summed E-state index contributed by atoms with van der Waals surface area (Å²) in [4.78, 5) is 50.2. The van der Waals surface area contributed by atoms with Crippen molar-refractivity contribution in [3.63, 3.8) is 0 Å². The van der Waals surface area contributed by atoms with Crippen LogP contribution in [0.25, 0.3) is 0 Å². The zero-order valence-electron chi connectivity index (χ0n) is 21.5. The molecule has 0 aromatic rings. The van der Waals surface area contributed by atoms with Crippen molar-refractivity contribution in [3.8, 4) is 0 Å². The second-order valence-electron chi connectivity index (χ2n) is 11.7. The van der Waals surface area contributed by atoms with Crippen LogP contribution < -0.4 is 0 Å². The van der Waals surface area contributed by atoms with Gasteiger partial charge < -0.3 is 14.6 Å². The number of hydrogen-bond acceptors (Lipinski definition) is 7. The highest BCUT2D eigenvalue weighted by molar-refractivity contribution is 6.01. The van der Waals surface area contributed by atoms with Crippen molar-refractivity contribution in [1.29, 1.82) is 0 Å². The summed E-state index contributed by atoms with van der Waals surface area (Å²) >= 11 is 0. The third-order valence-electron chi connectivity index (χ3n) is 9.81. The maximum atomic E-state index is 13.7. The Bertz CT molecular complexity index is 995. The fraction of sp³-hybridized carbons (Fsp3) is 0.714. The Morgan fingerprint density at radius 2 is 1.86 bits per heavy atom. The molecule has 35 heavy (non-hydrogen) atoms. The summed E-state index contributed by atoms with van der Waals surface area (Å²) < 4.78 is 11.1. The van der Waals surface area contributed by atoms with Gasteiger partial charge in [-0.1, -0.05) is 32.4 Å². The topological polar surface area (TPSA) is 107 Å². The molecule has 0 aliphatic heterocycles. The number of ketones is 2. The highest BCUT2D eigenvalue weighted by Crippen LogP contribution is 2.68. The van der Waals surface area contributed by atoms with Crippen LogP contribution in [0, 0.1) is 40.4 Å². The number of aliphatic hydroxyl groups is 1. The molecule has 0 bridgehead atoms. The van der Waals surface area contributed by atoms with Crippen molar-refractivity contribution in [2.75, 3.05) is 13.2 Å². The number of carbonyl (C=O) groups excluding carboxylic acids is 4. The van der Waals surface area contributed by atoms with Gasteiger partial charge in [0.25, 0.3) is 0 Å². The highest BCUT2D eigenvalue weighted by atomic mass is 16.6. The second kappa shape index (κ2) is 8.99. The quantitative estimate of drug-likeness (QED) is 0.572. The van der Waals surface area contributed by atoms with Gasteiger partial charge in [-0.3, -0.25) is 19.2 Å². The van der Waals surface area contributed by atoms with Gasteiger partial charge in [0.2, 0.25) is 5.78 Å². The van der Waals surface area contributed by atoms with Gasteiger partial charge in [0.05, 0.1) is 12.5 Å². The number of aliphatic hydroxyl groups excluding tert-OH is 1. The standard InChI is InChI=1S/C28H38O7/c1-16-12-20-21(26(4)9-6-19(31)13-23(16)26)7-10-27(5)22(20)8-11-28(27,24(32)15-34-18(3)30)35-25(33)17(2)14-29/h6,9,13,16-17,20-22,29H,7-8,10-12,14-15H2,1-5H3/t16-,17?,20+,21-,22-,26+,27-,28-/m0/s1. The first-order chi connectivity index (χ1) is 16.4. The summed E-state index contributed by atoms with van der Waals surface area (Å²) in [5.41, 5.74) is -1.00. The van der Waals surface area contributed by atoms with Crippen LogP contribution in [-0.4, -0.2) is 47.4 Å². The minimum atomic E-state index is -1.39. The van der Waals surface area contributed by atoms with Gasteiger partial charge in [-0.25, -0.2) is 0 Å². The van der Waals surface area contributed by atoms with Crippen LogP contribution in [0.1, 0.15) is 66.7 Å². The number of rotatable bonds is 6. The molecule has 4 aliphatic carbocycles. The van der Waals surface area contributed by atoms with Crippen LogP contribution in [0.3, 0.4) is 0 Å². The summed E-state index contributed by atoms with van der Waals surface area (Å²) in [5.74, 6) is -1.22. The molecule has 0 heterocycles. The minimum absolute atomic E-state index is 0.0456. The molecule has 0 radical (unpaired) electrons. The number of allylic oxidation sites excluding steroid dienone is 4. The van der Waals surface area contributed by atoms with Crippen molar-refractivity contribution in [3.05, 3.63) is 23.8 Å². The molecule has 0 saturated heterocycles. The number of carbonyl (C=O) groups is 4. The number of fused-ring (bicyclic) bond motifs is 5. The Balaban J connectivity index is 1.71. The summed E-state index contributed by atoms with van der Waals surface area (Å²) in [7, 11) is 0. The lowest BCUT2D eigenvalue weighted by molar-refractivity contribution is -0.195. The maximum Gasteiger partial charge on any atom is 0.312 e. The van der Waals surface area contributed by atoms with E-state index in [1.54, 1.807) is 13.0 Å². The van der Waals surface area contributed by atoms with E-state index in [9.17, 15) is 24.3 Å². The summed E-state index contributed by atoms with van der Waals surface area (Å²) in [6, 6.07) is 0. The highest BCUT2D eigenvalue weighted by Gasteiger charge is 2.69. The van der Waals surface area contributed by atoms with E-state index in [-0.39, 0.29) is 35.4 Å². The molecular weight excluding hydrogens is 448 g/mol. The molecule has 1 N–H and O–H groups in total. The third-order valence-corrected chi connectivity index (χ3v) is 9.81. The Hall–Kier alpha value is -2.28. The predicted molar refractivity (Wildman–Crippen MR) is 128 cm³/mol. The second-order valence-corrected chi connectivity index (χ2v) is 11.7. The monoisotopic (exact) mass is 486 g/mol. The number of ether oxygens (including phenoxy) is 2. The zero-order chi connectivity index (χ0) is 25.8. The molecule has 0 aromatic carbocycles. The summed E-state index contributed by atoms with van der Waals surface area (Å²) in [6.07, 6.45) is 9.13. The third kappa shape index (κ3) is 3.90. The Kier molecular flexibility index (Phi) is 6.62. The Labute approximate surface area is 207 Å². The molecule has 7 nitrogen and oxygen atoms in total. The lowest BCUT2D eigenvalue weighted by atomic mass is 9.45. The fourth-order valence-electron chi connectivity index (χ4n) is 7.93. The first kappa shape index (κ1) is 25.8. The van der Waals surface area contributed by atoms with Crippen molar-refractivity contribution in [1.82, 2.24) is 0 Å². The van der Waals surface area contributed by atoms with Crippen LogP contribution in [0.15, 0.2) is 23.8 Å². The van der Waals surface area contributed by atoms with Crippen LogP contribution in [0.2, 0.25) is 0 Å². The maximum absolute atomic E-state index is 13.7. The Morgan fingerprint density at radius 3 is 2.51 bits per heavy atom. The summed E-state index contributed by atoms with van der Waals surface area (Å²) in [5, 5.41) is 9.52. The van der Waals surface area contributed by atoms with E-state index < -0.39 is 35.5 Å². The van der Waals surface area contributed by atoms with Gasteiger partial charge in [-0.05, 0) is 74.9 Å². The molecule has 0 aromatic heterocycles. The molecule has 0 spiro atoms. The van der Waals surface area contributed by atoms with Gasteiger partial charge in [-0.2, -0.15) is 0 Å². The van der Waals surface area contributed by atoms with Gasteiger partial charge >= 0.3 is 11.9 Å². The summed E-state index contributed by atoms with van der Waals surface area (Å²) in [6.45, 7) is 8.49. The molecule has 3 fully saturated rings. The van der Waals surface area contributed by atoms with Crippen LogP contribution in [0.5, 0.6) is 0 Å². The van der Waals surface area contributed by atoms with E-state index in [4.69, 9.17) is 9.47 Å². The Morgan fingerprint density at radius 1 is 1.17 bits per heavy atom. The van der Waals surface area contributed by atoms with Crippen molar-refractivity contribution in [2.24, 2.45) is 40.4 Å². The van der Waals surface area contributed by atoms with Crippen molar-refractivity contribution < 1.29 is 33.8 Å². The van der Waals surface area contributed by atoms with Gasteiger partial charge in [0.1, 0.15) is 0 Å². The van der Waals surface area contributed by atoms with Crippen LogP contribution in [0.4, 0.5) is 0 Å². The lowest BCUT2D eigenvalue weighted by Gasteiger charge is -2.59. The molecule has 1 unspecified atom stereocenters. The largest absolute Gasteiger partial charge is 0.458 e. The number of esters is 2. The van der Waals surface area contributed by atoms with Gasteiger partial charge in [-0.15, -0.1) is 0 Å². The lowest BCUT2D eigenvalue weighted by Crippen LogP contribution is -2.60. The molecule has 4 rings (SSSR count). The van der Waals surface area contributed by atoms with Gasteiger partial charge in [0, 0.05) is 17.8 Å². The van der Waals surface area contributed by atoms with E-state index >= 15 is 0 Å². The van der Waals surface area contributed by atoms with Crippen LogP contribution >= 0.6 is 0 Å². The van der Waals surface area contributed by atoms with E-state index in [0.29, 0.717) is 24.7 Å². The molecule has 3 saturated carbocycles. The first-order valence-electron chi connectivity index (χ1n) is 12.8. The number of Topliss-reactive ketones (excluding diaryl/α,β-unsaturated/α-hetero) is 1.